The molecular weight excluding hydrogens is 348 g/mol. The molecule has 2 amide bonds. The molecule has 0 unspecified atom stereocenters. The van der Waals surface area contributed by atoms with E-state index < -0.39 is 35.3 Å². The van der Waals surface area contributed by atoms with E-state index in [-0.39, 0.29) is 11.9 Å². The van der Waals surface area contributed by atoms with E-state index in [1.54, 1.807) is 54.5 Å². The molecule has 0 aliphatic carbocycles. The lowest BCUT2D eigenvalue weighted by atomic mass is 10.1. The molecule has 1 heterocycles. The summed E-state index contributed by atoms with van der Waals surface area (Å²) in [7, 11) is 0. The van der Waals surface area contributed by atoms with Crippen molar-refractivity contribution < 1.29 is 23.9 Å². The average molecular weight is 383 g/mol. The van der Waals surface area contributed by atoms with Crippen LogP contribution in [0.25, 0.3) is 0 Å². The van der Waals surface area contributed by atoms with E-state index in [0.29, 0.717) is 19.3 Å². The number of nitrogens with one attached hydrogen (secondary N) is 1. The molecule has 0 spiro atoms. The van der Waals surface area contributed by atoms with Crippen LogP contribution < -0.4 is 5.32 Å². The number of ether oxygens (including phenoxy) is 2. The second kappa shape index (κ2) is 8.76. The van der Waals surface area contributed by atoms with Crippen molar-refractivity contribution in [2.24, 2.45) is 0 Å². The van der Waals surface area contributed by atoms with Crippen molar-refractivity contribution in [3.8, 4) is 0 Å². The maximum atomic E-state index is 13.1. The van der Waals surface area contributed by atoms with Gasteiger partial charge >= 0.3 is 12.1 Å². The minimum Gasteiger partial charge on any atom is -0.458 e. The maximum Gasteiger partial charge on any atom is 0.408 e. The van der Waals surface area contributed by atoms with Crippen molar-refractivity contribution >= 4 is 18.0 Å². The van der Waals surface area contributed by atoms with Gasteiger partial charge in [-0.25, -0.2) is 9.59 Å². The van der Waals surface area contributed by atoms with Crippen LogP contribution in [0.5, 0.6) is 0 Å². The molecule has 0 saturated carbocycles. The zero-order valence-corrected chi connectivity index (χ0v) is 17.6. The third-order valence-corrected chi connectivity index (χ3v) is 4.03. The van der Waals surface area contributed by atoms with E-state index in [0.717, 1.165) is 0 Å². The largest absolute Gasteiger partial charge is 0.458 e. The van der Waals surface area contributed by atoms with Gasteiger partial charge in [-0.05, 0) is 60.8 Å². The van der Waals surface area contributed by atoms with E-state index in [9.17, 15) is 14.4 Å². The van der Waals surface area contributed by atoms with Crippen LogP contribution in [0.1, 0.15) is 67.7 Å². The number of carbonyl (C=O) groups is 3. The Morgan fingerprint density at radius 1 is 1.11 bits per heavy atom. The lowest BCUT2D eigenvalue weighted by molar-refractivity contribution is -0.164. The zero-order chi connectivity index (χ0) is 21.0. The molecule has 1 fully saturated rings. The number of rotatable bonds is 5. The molecule has 3 atom stereocenters. The second-order valence-electron chi connectivity index (χ2n) is 8.78. The van der Waals surface area contributed by atoms with Gasteiger partial charge in [0.15, 0.2) is 0 Å². The van der Waals surface area contributed by atoms with Gasteiger partial charge in [0.2, 0.25) is 5.91 Å². The van der Waals surface area contributed by atoms with Crippen LogP contribution in [0.3, 0.4) is 0 Å². The smallest absolute Gasteiger partial charge is 0.408 e. The molecular formula is C20H34N2O5. The Morgan fingerprint density at radius 2 is 1.67 bits per heavy atom. The van der Waals surface area contributed by atoms with Gasteiger partial charge in [-0.2, -0.15) is 0 Å². The van der Waals surface area contributed by atoms with Crippen molar-refractivity contribution in [3.05, 3.63) is 12.7 Å². The summed E-state index contributed by atoms with van der Waals surface area (Å²) in [5, 5.41) is 2.61. The Labute approximate surface area is 162 Å². The van der Waals surface area contributed by atoms with Gasteiger partial charge in [0, 0.05) is 0 Å². The summed E-state index contributed by atoms with van der Waals surface area (Å²) in [6.45, 7) is 16.2. The summed E-state index contributed by atoms with van der Waals surface area (Å²) in [4.78, 5) is 39.3. The van der Waals surface area contributed by atoms with E-state index in [4.69, 9.17) is 9.47 Å². The van der Waals surface area contributed by atoms with E-state index in [2.05, 4.69) is 11.9 Å². The van der Waals surface area contributed by atoms with Gasteiger partial charge in [0.25, 0.3) is 0 Å². The Morgan fingerprint density at radius 3 is 2.11 bits per heavy atom. The molecule has 1 aliphatic heterocycles. The van der Waals surface area contributed by atoms with E-state index in [1.165, 1.54) is 4.90 Å². The van der Waals surface area contributed by atoms with Gasteiger partial charge < -0.3 is 19.7 Å². The van der Waals surface area contributed by atoms with Crippen molar-refractivity contribution in [1.29, 1.82) is 0 Å². The highest BCUT2D eigenvalue weighted by atomic mass is 16.6. The molecule has 1 saturated heterocycles. The molecule has 1 rings (SSSR count). The molecule has 1 N–H and O–H groups in total. The predicted octanol–water partition coefficient (Wildman–Crippen LogP) is 3.18. The fraction of sp³-hybridized carbons (Fsp3) is 0.750. The quantitative estimate of drug-likeness (QED) is 0.583. The molecule has 154 valence electrons. The van der Waals surface area contributed by atoms with Crippen LogP contribution in [0.4, 0.5) is 4.79 Å². The Balaban J connectivity index is 2.97. The van der Waals surface area contributed by atoms with E-state index >= 15 is 0 Å². The fourth-order valence-electron chi connectivity index (χ4n) is 2.96. The minimum absolute atomic E-state index is 0.274. The number of likely N-dealkylation sites (tertiary alicyclic amines) is 1. The number of nitrogens with zero attached hydrogens (tertiary/aromatic N) is 1. The average Bonchev–Trinajstić information content (AvgIpc) is 2.92. The summed E-state index contributed by atoms with van der Waals surface area (Å²) in [5.74, 6) is -0.770. The van der Waals surface area contributed by atoms with Crippen LogP contribution >= 0.6 is 0 Å². The molecule has 7 nitrogen and oxygen atoms in total. The highest BCUT2D eigenvalue weighted by molar-refractivity contribution is 5.90. The lowest BCUT2D eigenvalue weighted by Gasteiger charge is -2.33. The summed E-state index contributed by atoms with van der Waals surface area (Å²) < 4.78 is 10.7. The second-order valence-corrected chi connectivity index (χ2v) is 8.78. The summed E-state index contributed by atoms with van der Waals surface area (Å²) >= 11 is 0. The van der Waals surface area contributed by atoms with Crippen LogP contribution in [0.15, 0.2) is 12.7 Å². The van der Waals surface area contributed by atoms with Gasteiger partial charge in [0.1, 0.15) is 23.3 Å². The van der Waals surface area contributed by atoms with Gasteiger partial charge in [0.05, 0.1) is 6.04 Å². The zero-order valence-electron chi connectivity index (χ0n) is 17.6. The Kier molecular flexibility index (Phi) is 7.46. The number of carbonyl (C=O) groups excluding carboxylic acids is 3. The SMILES string of the molecule is C=C[C@@H]1CC[C@@H](C(=O)OC(C)(C)C)N1C(=O)[C@H](CC)NC(=O)OC(C)(C)C. The van der Waals surface area contributed by atoms with Crippen LogP contribution in [-0.4, -0.2) is 52.2 Å². The fourth-order valence-corrected chi connectivity index (χ4v) is 2.96. The predicted molar refractivity (Wildman–Crippen MR) is 103 cm³/mol. The summed E-state index contributed by atoms with van der Waals surface area (Å²) in [6, 6.07) is -1.75. The van der Waals surface area contributed by atoms with Crippen molar-refractivity contribution in [2.75, 3.05) is 0 Å². The normalized spacial score (nSPS) is 21.4. The summed E-state index contributed by atoms with van der Waals surface area (Å²) in [5.41, 5.74) is -1.31. The van der Waals surface area contributed by atoms with Gasteiger partial charge in [-0.1, -0.05) is 13.0 Å². The Hall–Kier alpha value is -2.05. The van der Waals surface area contributed by atoms with Gasteiger partial charge in [-0.15, -0.1) is 6.58 Å². The number of alkyl carbamates (subject to hydrolysis) is 1. The standard InChI is InChI=1S/C20H34N2O5/c1-9-13-11-12-15(17(24)26-19(3,4)5)22(13)16(23)14(10-2)21-18(25)27-20(6,7)8/h9,13-15H,1,10-12H2,2-8H3,(H,21,25)/t13-,14+,15+/m1/s1. The number of esters is 1. The monoisotopic (exact) mass is 382 g/mol. The van der Waals surface area contributed by atoms with Crippen molar-refractivity contribution in [3.63, 3.8) is 0 Å². The lowest BCUT2D eigenvalue weighted by Crippen LogP contribution is -2.54. The van der Waals surface area contributed by atoms with Crippen LogP contribution in [0.2, 0.25) is 0 Å². The maximum absolute atomic E-state index is 13.1. The highest BCUT2D eigenvalue weighted by Gasteiger charge is 2.43. The summed E-state index contributed by atoms with van der Waals surface area (Å²) in [6.07, 6.45) is 2.50. The van der Waals surface area contributed by atoms with Crippen LogP contribution in [-0.2, 0) is 19.1 Å². The number of hydrogen-bond donors (Lipinski definition) is 1. The van der Waals surface area contributed by atoms with Crippen molar-refractivity contribution in [1.82, 2.24) is 10.2 Å². The molecule has 0 bridgehead atoms. The van der Waals surface area contributed by atoms with Crippen LogP contribution in [0, 0.1) is 0 Å². The van der Waals surface area contributed by atoms with Crippen molar-refractivity contribution in [2.45, 2.75) is 97.1 Å². The first-order chi connectivity index (χ1) is 12.3. The number of amides is 2. The minimum atomic E-state index is -0.787. The molecule has 1 aliphatic rings. The molecule has 0 aromatic rings. The first-order valence-electron chi connectivity index (χ1n) is 9.46. The third-order valence-electron chi connectivity index (χ3n) is 4.03. The first kappa shape index (κ1) is 23.0. The molecule has 0 radical (unpaired) electrons. The van der Waals surface area contributed by atoms with Gasteiger partial charge in [-0.3, -0.25) is 4.79 Å². The highest BCUT2D eigenvalue weighted by Crippen LogP contribution is 2.28. The third kappa shape index (κ3) is 6.88. The first-order valence-corrected chi connectivity index (χ1v) is 9.46. The van der Waals surface area contributed by atoms with E-state index in [1.807, 2.05) is 0 Å². The Bertz CT molecular complexity index is 574. The number of hydrogen-bond acceptors (Lipinski definition) is 5. The molecule has 0 aromatic heterocycles. The topological polar surface area (TPSA) is 84.9 Å². The molecule has 7 heteroatoms. The molecule has 27 heavy (non-hydrogen) atoms. The molecule has 0 aromatic carbocycles.